The summed E-state index contributed by atoms with van der Waals surface area (Å²) in [7, 11) is 3.19. The van der Waals surface area contributed by atoms with Crippen molar-refractivity contribution in [2.24, 2.45) is 7.05 Å². The highest BCUT2D eigenvalue weighted by atomic mass is 16.6. The van der Waals surface area contributed by atoms with E-state index < -0.39 is 0 Å². The molecule has 78 valence electrons. The molecule has 2 rings (SSSR count). The van der Waals surface area contributed by atoms with Crippen LogP contribution in [0, 0.1) is 0 Å². The second-order valence-corrected chi connectivity index (χ2v) is 3.12. The minimum atomic E-state index is -0.339. The molecular weight excluding hydrogens is 194 g/mol. The molecule has 0 atom stereocenters. The minimum absolute atomic E-state index is 0.339. The van der Waals surface area contributed by atoms with Crippen LogP contribution >= 0.6 is 0 Å². The van der Waals surface area contributed by atoms with Crippen LogP contribution in [0.15, 0.2) is 24.3 Å². The van der Waals surface area contributed by atoms with Crippen molar-refractivity contribution >= 4 is 16.8 Å². The number of nitrogens with zero attached hydrogens (tertiary/aromatic N) is 2. The Morgan fingerprint density at radius 1 is 1.47 bits per heavy atom. The van der Waals surface area contributed by atoms with E-state index in [-0.39, 0.29) is 5.91 Å². The zero-order valence-electron chi connectivity index (χ0n) is 8.52. The van der Waals surface area contributed by atoms with E-state index in [0.717, 1.165) is 10.9 Å². The molecule has 0 spiro atoms. The molecule has 15 heavy (non-hydrogen) atoms. The SMILES string of the molecule is CONC(=O)c1nn(C)c2ccccc12. The van der Waals surface area contributed by atoms with Crippen LogP contribution in [-0.2, 0) is 11.9 Å². The van der Waals surface area contributed by atoms with Crippen LogP contribution in [0.3, 0.4) is 0 Å². The lowest BCUT2D eigenvalue weighted by atomic mass is 10.2. The molecule has 0 aliphatic carbocycles. The number of nitrogens with one attached hydrogen (secondary N) is 1. The zero-order valence-corrected chi connectivity index (χ0v) is 8.52. The van der Waals surface area contributed by atoms with E-state index in [1.807, 2.05) is 24.3 Å². The van der Waals surface area contributed by atoms with Gasteiger partial charge in [0.05, 0.1) is 12.6 Å². The lowest BCUT2D eigenvalue weighted by molar-refractivity contribution is 0.0533. The Morgan fingerprint density at radius 3 is 2.93 bits per heavy atom. The van der Waals surface area contributed by atoms with Gasteiger partial charge in [0.15, 0.2) is 5.69 Å². The lowest BCUT2D eigenvalue weighted by Gasteiger charge is -1.97. The first-order valence-corrected chi connectivity index (χ1v) is 4.49. The Morgan fingerprint density at radius 2 is 2.20 bits per heavy atom. The molecule has 2 aromatic rings. The van der Waals surface area contributed by atoms with Gasteiger partial charge in [-0.2, -0.15) is 5.10 Å². The first kappa shape index (κ1) is 9.67. The molecular formula is C10H11N3O2. The number of aromatic nitrogens is 2. The van der Waals surface area contributed by atoms with Gasteiger partial charge in [-0.15, -0.1) is 0 Å². The predicted molar refractivity (Wildman–Crippen MR) is 55.2 cm³/mol. The van der Waals surface area contributed by atoms with Gasteiger partial charge in [0.2, 0.25) is 0 Å². The van der Waals surface area contributed by atoms with Crippen LogP contribution in [0.1, 0.15) is 10.5 Å². The average molecular weight is 205 g/mol. The Labute approximate surface area is 86.6 Å². The van der Waals surface area contributed by atoms with Crippen LogP contribution in [0.5, 0.6) is 0 Å². The molecule has 0 aliphatic rings. The van der Waals surface area contributed by atoms with E-state index in [1.165, 1.54) is 7.11 Å². The third-order valence-corrected chi connectivity index (χ3v) is 2.17. The van der Waals surface area contributed by atoms with Crippen LogP contribution in [0.25, 0.3) is 10.9 Å². The Balaban J connectivity index is 2.57. The summed E-state index contributed by atoms with van der Waals surface area (Å²) in [6.45, 7) is 0. The summed E-state index contributed by atoms with van der Waals surface area (Å²) in [4.78, 5) is 16.1. The maximum atomic E-state index is 11.6. The van der Waals surface area contributed by atoms with E-state index in [2.05, 4.69) is 15.4 Å². The maximum absolute atomic E-state index is 11.6. The van der Waals surface area contributed by atoms with E-state index in [1.54, 1.807) is 11.7 Å². The van der Waals surface area contributed by atoms with Crippen LogP contribution < -0.4 is 5.48 Å². The molecule has 1 heterocycles. The molecule has 0 bridgehead atoms. The number of rotatable bonds is 2. The highest BCUT2D eigenvalue weighted by molar-refractivity contribution is 6.04. The summed E-state index contributed by atoms with van der Waals surface area (Å²) in [6.07, 6.45) is 0. The number of hydrogen-bond acceptors (Lipinski definition) is 3. The van der Waals surface area contributed by atoms with Crippen molar-refractivity contribution in [2.75, 3.05) is 7.11 Å². The van der Waals surface area contributed by atoms with Gasteiger partial charge < -0.3 is 0 Å². The molecule has 5 nitrogen and oxygen atoms in total. The number of para-hydroxylation sites is 1. The zero-order chi connectivity index (χ0) is 10.8. The van der Waals surface area contributed by atoms with Crippen molar-refractivity contribution in [3.05, 3.63) is 30.0 Å². The highest BCUT2D eigenvalue weighted by Gasteiger charge is 2.14. The second kappa shape index (κ2) is 3.70. The standard InChI is InChI=1S/C10H11N3O2/c1-13-8-6-4-3-5-7(8)9(11-13)10(14)12-15-2/h3-6H,1-2H3,(H,12,14). The number of hydrogen-bond donors (Lipinski definition) is 1. The van der Waals surface area contributed by atoms with Crippen LogP contribution in [-0.4, -0.2) is 22.8 Å². The van der Waals surface area contributed by atoms with Crippen molar-refractivity contribution in [3.8, 4) is 0 Å². The maximum Gasteiger partial charge on any atom is 0.295 e. The number of fused-ring (bicyclic) bond motifs is 1. The second-order valence-electron chi connectivity index (χ2n) is 3.12. The molecule has 5 heteroatoms. The summed E-state index contributed by atoms with van der Waals surface area (Å²) in [5, 5.41) is 4.95. The molecule has 0 aliphatic heterocycles. The van der Waals surface area contributed by atoms with Gasteiger partial charge >= 0.3 is 0 Å². The summed E-state index contributed by atoms with van der Waals surface area (Å²) in [5.41, 5.74) is 3.54. The molecule has 1 amide bonds. The fraction of sp³-hybridized carbons (Fsp3) is 0.200. The number of benzene rings is 1. The van der Waals surface area contributed by atoms with Crippen molar-refractivity contribution in [1.82, 2.24) is 15.3 Å². The Bertz CT molecular complexity index is 504. The smallest absolute Gasteiger partial charge is 0.277 e. The number of carbonyl (C=O) groups excluding carboxylic acids is 1. The van der Waals surface area contributed by atoms with Gasteiger partial charge in [-0.25, -0.2) is 5.48 Å². The summed E-state index contributed by atoms with van der Waals surface area (Å²) in [6, 6.07) is 7.54. The van der Waals surface area contributed by atoms with Gasteiger partial charge in [-0.05, 0) is 6.07 Å². The fourth-order valence-corrected chi connectivity index (χ4v) is 1.52. The normalized spacial score (nSPS) is 10.5. The number of carbonyl (C=O) groups is 1. The van der Waals surface area contributed by atoms with Crippen molar-refractivity contribution in [2.45, 2.75) is 0 Å². The predicted octanol–water partition coefficient (Wildman–Crippen LogP) is 0.864. The van der Waals surface area contributed by atoms with E-state index >= 15 is 0 Å². The van der Waals surface area contributed by atoms with Crippen LogP contribution in [0.4, 0.5) is 0 Å². The summed E-state index contributed by atoms with van der Waals surface area (Å²) < 4.78 is 1.67. The highest BCUT2D eigenvalue weighted by Crippen LogP contribution is 2.16. The lowest BCUT2D eigenvalue weighted by Crippen LogP contribution is -2.22. The third-order valence-electron chi connectivity index (χ3n) is 2.17. The fourth-order valence-electron chi connectivity index (χ4n) is 1.52. The Hall–Kier alpha value is -1.88. The average Bonchev–Trinajstić information content (AvgIpc) is 2.58. The van der Waals surface area contributed by atoms with Crippen molar-refractivity contribution in [1.29, 1.82) is 0 Å². The topological polar surface area (TPSA) is 56.1 Å². The monoisotopic (exact) mass is 205 g/mol. The van der Waals surface area contributed by atoms with Gasteiger partial charge in [0.25, 0.3) is 5.91 Å². The number of aryl methyl sites for hydroxylation is 1. The summed E-state index contributed by atoms with van der Waals surface area (Å²) in [5.74, 6) is -0.339. The molecule has 0 fully saturated rings. The Kier molecular flexibility index (Phi) is 2.39. The number of hydroxylamine groups is 1. The van der Waals surface area contributed by atoms with Crippen LogP contribution in [0.2, 0.25) is 0 Å². The van der Waals surface area contributed by atoms with E-state index in [4.69, 9.17) is 0 Å². The van der Waals surface area contributed by atoms with Crippen molar-refractivity contribution in [3.63, 3.8) is 0 Å². The van der Waals surface area contributed by atoms with Gasteiger partial charge in [0, 0.05) is 12.4 Å². The first-order valence-electron chi connectivity index (χ1n) is 4.49. The van der Waals surface area contributed by atoms with Gasteiger partial charge in [-0.3, -0.25) is 14.3 Å². The quantitative estimate of drug-likeness (QED) is 0.740. The van der Waals surface area contributed by atoms with E-state index in [9.17, 15) is 4.79 Å². The summed E-state index contributed by atoms with van der Waals surface area (Å²) >= 11 is 0. The van der Waals surface area contributed by atoms with Gasteiger partial charge in [0.1, 0.15) is 0 Å². The molecule has 1 aromatic heterocycles. The van der Waals surface area contributed by atoms with E-state index in [0.29, 0.717) is 5.69 Å². The number of amides is 1. The minimum Gasteiger partial charge on any atom is -0.277 e. The molecule has 0 saturated carbocycles. The largest absolute Gasteiger partial charge is 0.295 e. The third kappa shape index (κ3) is 1.57. The first-order chi connectivity index (χ1) is 7.24. The molecule has 0 saturated heterocycles. The molecule has 1 N–H and O–H groups in total. The van der Waals surface area contributed by atoms with Gasteiger partial charge in [-0.1, -0.05) is 18.2 Å². The van der Waals surface area contributed by atoms with Crippen molar-refractivity contribution < 1.29 is 9.63 Å². The molecule has 0 radical (unpaired) electrons. The molecule has 0 unspecified atom stereocenters. The molecule has 1 aromatic carbocycles.